The zero-order valence-corrected chi connectivity index (χ0v) is 17.2. The van der Waals surface area contributed by atoms with Crippen molar-refractivity contribution in [1.29, 1.82) is 0 Å². The quantitative estimate of drug-likeness (QED) is 0.666. The van der Waals surface area contributed by atoms with Crippen LogP contribution in [0.15, 0.2) is 18.2 Å². The van der Waals surface area contributed by atoms with E-state index in [0.29, 0.717) is 11.5 Å². The van der Waals surface area contributed by atoms with Gasteiger partial charge in [0.05, 0.1) is 6.10 Å². The fraction of sp³-hybridized carbons (Fsp3) is 0.700. The monoisotopic (exact) mass is 411 g/mol. The van der Waals surface area contributed by atoms with Gasteiger partial charge in [0.15, 0.2) is 17.3 Å². The van der Waals surface area contributed by atoms with Gasteiger partial charge in [-0.05, 0) is 31.5 Å². The lowest BCUT2D eigenvalue weighted by Crippen LogP contribution is -2.63. The first-order valence-corrected chi connectivity index (χ1v) is 9.67. The second-order valence-corrected chi connectivity index (χ2v) is 7.86. The van der Waals surface area contributed by atoms with Crippen molar-refractivity contribution in [3.8, 4) is 11.5 Å². The summed E-state index contributed by atoms with van der Waals surface area (Å²) in [6.07, 6.45) is -1.68. The number of rotatable bonds is 7. The fourth-order valence-corrected chi connectivity index (χ4v) is 4.40. The molecule has 0 bridgehead atoms. The molecular weight excluding hydrogens is 382 g/mol. The van der Waals surface area contributed by atoms with Gasteiger partial charge in [0, 0.05) is 26.2 Å². The van der Waals surface area contributed by atoms with Crippen molar-refractivity contribution in [2.75, 3.05) is 34.6 Å². The molecule has 0 radical (unpaired) electrons. The first-order chi connectivity index (χ1) is 13.9. The van der Waals surface area contributed by atoms with Crippen LogP contribution in [0, 0.1) is 0 Å². The van der Waals surface area contributed by atoms with Gasteiger partial charge in [-0.15, -0.1) is 0 Å². The van der Waals surface area contributed by atoms with Crippen LogP contribution in [0.25, 0.3) is 0 Å². The topological polar surface area (TPSA) is 99.9 Å². The average Bonchev–Trinajstić information content (AvgIpc) is 3.28. The maximum atomic E-state index is 6.73. The minimum Gasteiger partial charge on any atom is -0.454 e. The highest BCUT2D eigenvalue weighted by Crippen LogP contribution is 2.46. The Morgan fingerprint density at radius 3 is 2.34 bits per heavy atom. The molecule has 162 valence electrons. The molecule has 1 aliphatic carbocycles. The molecule has 3 aliphatic rings. The zero-order chi connectivity index (χ0) is 20.6. The fourth-order valence-electron chi connectivity index (χ4n) is 4.40. The number of hydrogen-bond acceptors (Lipinski definition) is 9. The third-order valence-electron chi connectivity index (χ3n) is 5.50. The highest BCUT2D eigenvalue weighted by atomic mass is 16.8. The van der Waals surface area contributed by atoms with E-state index in [1.54, 1.807) is 14.2 Å². The van der Waals surface area contributed by atoms with E-state index >= 15 is 0 Å². The smallest absolute Gasteiger partial charge is 0.231 e. The van der Waals surface area contributed by atoms with E-state index in [-0.39, 0.29) is 32.4 Å². The standard InChI is InChI=1S/C20H29NO8/c1-20(2)28-17-15(21)14(11-5-6-12-13(7-11)25-10-24-12)16(26-8-22-3)18(19(17)29-20)27-9-23-4/h5-7,14-19H,8-10,21H2,1-4H3/t14-,15+,16+,17-,18-,19-/m0/s1. The lowest BCUT2D eigenvalue weighted by atomic mass is 9.73. The molecule has 0 spiro atoms. The van der Waals surface area contributed by atoms with Crippen molar-refractivity contribution in [3.63, 3.8) is 0 Å². The SMILES string of the molecule is COCO[C@@H]1[C@H]2OC(C)(C)O[C@H]2[C@H](N)[C@H](c2ccc3c(c2)OCO3)[C@H]1OCOC. The molecule has 6 atom stereocenters. The molecule has 1 aromatic rings. The Kier molecular flexibility index (Phi) is 5.99. The number of benzene rings is 1. The van der Waals surface area contributed by atoms with Gasteiger partial charge in [-0.3, -0.25) is 0 Å². The summed E-state index contributed by atoms with van der Waals surface area (Å²) < 4.78 is 45.7. The van der Waals surface area contributed by atoms with Crippen molar-refractivity contribution >= 4 is 0 Å². The number of nitrogens with two attached hydrogens (primary N) is 1. The zero-order valence-electron chi connectivity index (χ0n) is 17.2. The normalized spacial score (nSPS) is 34.9. The molecule has 1 saturated carbocycles. The second kappa shape index (κ2) is 8.35. The number of ether oxygens (including phenoxy) is 8. The van der Waals surface area contributed by atoms with Crippen LogP contribution in [0.3, 0.4) is 0 Å². The summed E-state index contributed by atoms with van der Waals surface area (Å²) in [7, 11) is 3.15. The average molecular weight is 411 g/mol. The van der Waals surface area contributed by atoms with Gasteiger partial charge in [0.2, 0.25) is 6.79 Å². The molecule has 2 aliphatic heterocycles. The summed E-state index contributed by atoms with van der Waals surface area (Å²) in [5, 5.41) is 0. The van der Waals surface area contributed by atoms with Crippen molar-refractivity contribution in [3.05, 3.63) is 23.8 Å². The Bertz CT molecular complexity index is 714. The Labute approximate surface area is 170 Å². The predicted octanol–water partition coefficient (Wildman–Crippen LogP) is 1.34. The largest absolute Gasteiger partial charge is 0.454 e. The highest BCUT2D eigenvalue weighted by molar-refractivity contribution is 5.46. The van der Waals surface area contributed by atoms with E-state index in [4.69, 9.17) is 43.6 Å². The molecular formula is C20H29NO8. The van der Waals surface area contributed by atoms with Crippen LogP contribution in [0.1, 0.15) is 25.3 Å². The number of methoxy groups -OCH3 is 2. The molecule has 2 N–H and O–H groups in total. The van der Waals surface area contributed by atoms with Gasteiger partial charge in [-0.1, -0.05) is 6.07 Å². The summed E-state index contributed by atoms with van der Waals surface area (Å²) >= 11 is 0. The van der Waals surface area contributed by atoms with Crippen LogP contribution in [0.4, 0.5) is 0 Å². The molecule has 1 saturated heterocycles. The van der Waals surface area contributed by atoms with Crippen molar-refractivity contribution in [2.45, 2.75) is 56.0 Å². The van der Waals surface area contributed by atoms with Gasteiger partial charge < -0.3 is 43.6 Å². The van der Waals surface area contributed by atoms with Crippen LogP contribution in [0.5, 0.6) is 11.5 Å². The molecule has 4 rings (SSSR count). The summed E-state index contributed by atoms with van der Waals surface area (Å²) in [4.78, 5) is 0. The van der Waals surface area contributed by atoms with Gasteiger partial charge >= 0.3 is 0 Å². The van der Waals surface area contributed by atoms with E-state index in [0.717, 1.165) is 5.56 Å². The Hall–Kier alpha value is -1.46. The number of hydrogen-bond donors (Lipinski definition) is 1. The molecule has 2 heterocycles. The molecule has 0 unspecified atom stereocenters. The summed E-state index contributed by atoms with van der Waals surface area (Å²) in [5.41, 5.74) is 7.68. The van der Waals surface area contributed by atoms with Gasteiger partial charge in [-0.25, -0.2) is 0 Å². The van der Waals surface area contributed by atoms with Crippen molar-refractivity contribution < 1.29 is 37.9 Å². The molecule has 0 aromatic heterocycles. The maximum Gasteiger partial charge on any atom is 0.231 e. The summed E-state index contributed by atoms with van der Waals surface area (Å²) in [6, 6.07) is 5.39. The first-order valence-electron chi connectivity index (χ1n) is 9.67. The molecule has 9 nitrogen and oxygen atoms in total. The predicted molar refractivity (Wildman–Crippen MR) is 101 cm³/mol. The minimum absolute atomic E-state index is 0.0902. The van der Waals surface area contributed by atoms with Gasteiger partial charge in [0.25, 0.3) is 0 Å². The molecule has 29 heavy (non-hydrogen) atoms. The van der Waals surface area contributed by atoms with Crippen LogP contribution in [-0.2, 0) is 28.4 Å². The van der Waals surface area contributed by atoms with Crippen LogP contribution in [0.2, 0.25) is 0 Å². The minimum atomic E-state index is -0.781. The first kappa shape index (κ1) is 20.8. The van der Waals surface area contributed by atoms with Crippen molar-refractivity contribution in [2.24, 2.45) is 5.73 Å². The van der Waals surface area contributed by atoms with Gasteiger partial charge in [0.1, 0.15) is 31.9 Å². The third kappa shape index (κ3) is 3.96. The second-order valence-electron chi connectivity index (χ2n) is 7.86. The lowest BCUT2D eigenvalue weighted by Gasteiger charge is -2.46. The Morgan fingerprint density at radius 1 is 0.966 bits per heavy atom. The molecule has 0 amide bonds. The van der Waals surface area contributed by atoms with E-state index in [1.165, 1.54) is 0 Å². The van der Waals surface area contributed by atoms with Crippen LogP contribution >= 0.6 is 0 Å². The number of fused-ring (bicyclic) bond motifs is 2. The van der Waals surface area contributed by atoms with E-state index < -0.39 is 30.1 Å². The van der Waals surface area contributed by atoms with E-state index in [9.17, 15) is 0 Å². The van der Waals surface area contributed by atoms with Crippen molar-refractivity contribution in [1.82, 2.24) is 0 Å². The van der Waals surface area contributed by atoms with Gasteiger partial charge in [-0.2, -0.15) is 0 Å². The molecule has 2 fully saturated rings. The van der Waals surface area contributed by atoms with Crippen LogP contribution < -0.4 is 15.2 Å². The Morgan fingerprint density at radius 2 is 1.62 bits per heavy atom. The summed E-state index contributed by atoms with van der Waals surface area (Å²) in [6.45, 7) is 4.12. The lowest BCUT2D eigenvalue weighted by molar-refractivity contribution is -0.216. The van der Waals surface area contributed by atoms with Crippen LogP contribution in [-0.4, -0.2) is 70.8 Å². The Balaban J connectivity index is 1.72. The molecule has 1 aromatic carbocycles. The van der Waals surface area contributed by atoms with E-state index in [2.05, 4.69) is 0 Å². The van der Waals surface area contributed by atoms with E-state index in [1.807, 2.05) is 32.0 Å². The highest BCUT2D eigenvalue weighted by Gasteiger charge is 2.58. The maximum absolute atomic E-state index is 6.73. The molecule has 9 heteroatoms. The summed E-state index contributed by atoms with van der Waals surface area (Å²) in [5.74, 6) is 0.358. The third-order valence-corrected chi connectivity index (χ3v) is 5.50.